The van der Waals surface area contributed by atoms with Crippen LogP contribution >= 0.6 is 15.9 Å². The van der Waals surface area contributed by atoms with E-state index in [-0.39, 0.29) is 11.9 Å². The Labute approximate surface area is 104 Å². The number of hydrogen-bond donors (Lipinski definition) is 1. The summed E-state index contributed by atoms with van der Waals surface area (Å²) < 4.78 is 13.9. The molecule has 1 N–H and O–H groups in total. The number of nitrogens with zero attached hydrogens (tertiary/aromatic N) is 1. The fourth-order valence-electron chi connectivity index (χ4n) is 1.33. The van der Waals surface area contributed by atoms with Crippen molar-refractivity contribution in [2.75, 3.05) is 0 Å². The third-order valence-electron chi connectivity index (χ3n) is 2.46. The first-order chi connectivity index (χ1) is 7.58. The summed E-state index contributed by atoms with van der Waals surface area (Å²) >= 11 is 3.33. The Morgan fingerprint density at radius 3 is 2.81 bits per heavy atom. The molecule has 0 radical (unpaired) electrons. The van der Waals surface area contributed by atoms with Gasteiger partial charge in [0.25, 0.3) is 0 Å². The van der Waals surface area contributed by atoms with E-state index in [1.54, 1.807) is 6.07 Å². The molecule has 0 aromatic heterocycles. The molecule has 86 valence electrons. The fourth-order valence-corrected chi connectivity index (χ4v) is 1.81. The first-order valence-corrected chi connectivity index (χ1v) is 5.98. The summed E-state index contributed by atoms with van der Waals surface area (Å²) in [5.41, 5.74) is 0.641. The highest BCUT2D eigenvalue weighted by atomic mass is 79.9. The molecule has 0 amide bonds. The molecule has 1 aromatic carbocycles. The maximum absolute atomic E-state index is 13.1. The van der Waals surface area contributed by atoms with E-state index in [2.05, 4.69) is 27.3 Å². The Balaban J connectivity index is 2.95. The van der Waals surface area contributed by atoms with Gasteiger partial charge in [-0.1, -0.05) is 22.9 Å². The molecule has 2 nitrogen and oxygen atoms in total. The van der Waals surface area contributed by atoms with E-state index < -0.39 is 6.04 Å². The van der Waals surface area contributed by atoms with E-state index in [0.717, 1.165) is 10.9 Å². The van der Waals surface area contributed by atoms with Crippen molar-refractivity contribution in [2.24, 2.45) is 0 Å². The molecule has 0 aliphatic carbocycles. The second kappa shape index (κ2) is 5.97. The van der Waals surface area contributed by atoms with E-state index in [4.69, 9.17) is 5.26 Å². The van der Waals surface area contributed by atoms with Crippen LogP contribution in [0.4, 0.5) is 4.39 Å². The summed E-state index contributed by atoms with van der Waals surface area (Å²) in [6, 6.07) is 6.25. The summed E-state index contributed by atoms with van der Waals surface area (Å²) in [5, 5.41) is 12.2. The molecule has 2 unspecified atom stereocenters. The average molecular weight is 285 g/mol. The molecule has 1 rings (SSSR count). The number of benzene rings is 1. The van der Waals surface area contributed by atoms with Gasteiger partial charge in [0.15, 0.2) is 0 Å². The van der Waals surface area contributed by atoms with Gasteiger partial charge in [0.05, 0.1) is 6.07 Å². The fraction of sp³-hybridized carbons (Fsp3) is 0.417. The van der Waals surface area contributed by atoms with E-state index in [9.17, 15) is 4.39 Å². The van der Waals surface area contributed by atoms with Crippen molar-refractivity contribution >= 4 is 15.9 Å². The zero-order valence-electron chi connectivity index (χ0n) is 9.30. The number of halogens is 2. The lowest BCUT2D eigenvalue weighted by molar-refractivity contribution is 0.498. The minimum Gasteiger partial charge on any atom is -0.296 e. The van der Waals surface area contributed by atoms with Crippen LogP contribution in [0.1, 0.15) is 31.9 Å². The summed E-state index contributed by atoms with van der Waals surface area (Å²) in [4.78, 5) is 0. The lowest BCUT2D eigenvalue weighted by Crippen LogP contribution is -2.29. The van der Waals surface area contributed by atoms with Gasteiger partial charge in [0.2, 0.25) is 0 Å². The normalized spacial score (nSPS) is 14.2. The molecule has 0 aliphatic rings. The van der Waals surface area contributed by atoms with Gasteiger partial charge in [0.1, 0.15) is 11.9 Å². The summed E-state index contributed by atoms with van der Waals surface area (Å²) in [5.74, 6) is -0.329. The molecular weight excluding hydrogens is 271 g/mol. The first-order valence-electron chi connectivity index (χ1n) is 5.19. The zero-order chi connectivity index (χ0) is 12.1. The highest BCUT2D eigenvalue weighted by Crippen LogP contribution is 2.24. The molecule has 2 atom stereocenters. The van der Waals surface area contributed by atoms with Gasteiger partial charge < -0.3 is 0 Å². The standard InChI is InChI=1S/C12H14BrFN2/c1-3-8(2)16-12(7-15)10-6-9(14)4-5-11(10)13/h4-6,8,12,16H,3H2,1-2H3. The van der Waals surface area contributed by atoms with E-state index in [1.165, 1.54) is 12.1 Å². The van der Waals surface area contributed by atoms with Crippen molar-refractivity contribution in [1.29, 1.82) is 5.26 Å². The SMILES string of the molecule is CCC(C)NC(C#N)c1cc(F)ccc1Br. The highest BCUT2D eigenvalue weighted by molar-refractivity contribution is 9.10. The van der Waals surface area contributed by atoms with Crippen molar-refractivity contribution in [3.8, 4) is 6.07 Å². The Hall–Kier alpha value is -0.920. The molecule has 0 spiro atoms. The molecule has 0 heterocycles. The van der Waals surface area contributed by atoms with E-state index >= 15 is 0 Å². The number of rotatable bonds is 4. The van der Waals surface area contributed by atoms with Crippen LogP contribution in [0.15, 0.2) is 22.7 Å². The van der Waals surface area contributed by atoms with Gasteiger partial charge in [-0.15, -0.1) is 0 Å². The van der Waals surface area contributed by atoms with Gasteiger partial charge in [-0.3, -0.25) is 5.32 Å². The van der Waals surface area contributed by atoms with Gasteiger partial charge in [-0.25, -0.2) is 4.39 Å². The Morgan fingerprint density at radius 1 is 1.56 bits per heavy atom. The van der Waals surface area contributed by atoms with Crippen LogP contribution in [0.5, 0.6) is 0 Å². The molecule has 0 saturated heterocycles. The summed E-state index contributed by atoms with van der Waals surface area (Å²) in [6.45, 7) is 4.03. The highest BCUT2D eigenvalue weighted by Gasteiger charge is 2.16. The number of hydrogen-bond acceptors (Lipinski definition) is 2. The molecule has 1 aromatic rings. The van der Waals surface area contributed by atoms with Crippen molar-refractivity contribution in [3.05, 3.63) is 34.1 Å². The second-order valence-electron chi connectivity index (χ2n) is 3.70. The monoisotopic (exact) mass is 284 g/mol. The third kappa shape index (κ3) is 3.29. The number of nitrogens with one attached hydrogen (secondary N) is 1. The molecule has 0 aliphatic heterocycles. The van der Waals surface area contributed by atoms with Crippen molar-refractivity contribution < 1.29 is 4.39 Å². The molecular formula is C12H14BrFN2. The van der Waals surface area contributed by atoms with Crippen LogP contribution in [0.3, 0.4) is 0 Å². The molecule has 4 heteroatoms. The van der Waals surface area contributed by atoms with Crippen molar-refractivity contribution in [1.82, 2.24) is 5.32 Å². The lowest BCUT2D eigenvalue weighted by atomic mass is 10.1. The van der Waals surface area contributed by atoms with Crippen molar-refractivity contribution in [3.63, 3.8) is 0 Å². The van der Waals surface area contributed by atoms with Gasteiger partial charge in [0, 0.05) is 16.1 Å². The van der Waals surface area contributed by atoms with Crippen LogP contribution in [0.25, 0.3) is 0 Å². The molecule has 0 saturated carbocycles. The van der Waals surface area contributed by atoms with Crippen LogP contribution < -0.4 is 5.32 Å². The Bertz CT molecular complexity index is 400. The molecule has 16 heavy (non-hydrogen) atoms. The van der Waals surface area contributed by atoms with E-state index in [0.29, 0.717) is 5.56 Å². The van der Waals surface area contributed by atoms with Crippen molar-refractivity contribution in [2.45, 2.75) is 32.4 Å². The van der Waals surface area contributed by atoms with Gasteiger partial charge in [-0.2, -0.15) is 5.26 Å². The largest absolute Gasteiger partial charge is 0.296 e. The van der Waals surface area contributed by atoms with Crippen LogP contribution in [-0.2, 0) is 0 Å². The smallest absolute Gasteiger partial charge is 0.123 e. The minimum atomic E-state index is -0.486. The minimum absolute atomic E-state index is 0.222. The Morgan fingerprint density at radius 2 is 2.25 bits per heavy atom. The quantitative estimate of drug-likeness (QED) is 0.918. The predicted octanol–water partition coefficient (Wildman–Crippen LogP) is 3.54. The van der Waals surface area contributed by atoms with Gasteiger partial charge >= 0.3 is 0 Å². The zero-order valence-corrected chi connectivity index (χ0v) is 10.9. The average Bonchev–Trinajstić information content (AvgIpc) is 2.29. The van der Waals surface area contributed by atoms with Gasteiger partial charge in [-0.05, 0) is 31.5 Å². The van der Waals surface area contributed by atoms with Crippen LogP contribution in [0.2, 0.25) is 0 Å². The second-order valence-corrected chi connectivity index (χ2v) is 4.56. The predicted molar refractivity (Wildman–Crippen MR) is 65.3 cm³/mol. The first kappa shape index (κ1) is 13.1. The van der Waals surface area contributed by atoms with Crippen LogP contribution in [-0.4, -0.2) is 6.04 Å². The molecule has 0 fully saturated rings. The number of nitriles is 1. The lowest BCUT2D eigenvalue weighted by Gasteiger charge is -2.18. The third-order valence-corrected chi connectivity index (χ3v) is 3.18. The maximum Gasteiger partial charge on any atom is 0.123 e. The molecule has 0 bridgehead atoms. The summed E-state index contributed by atoms with van der Waals surface area (Å²) in [6.07, 6.45) is 0.922. The summed E-state index contributed by atoms with van der Waals surface area (Å²) in [7, 11) is 0. The van der Waals surface area contributed by atoms with E-state index in [1.807, 2.05) is 13.8 Å². The maximum atomic E-state index is 13.1. The van der Waals surface area contributed by atoms with Crippen LogP contribution in [0, 0.1) is 17.1 Å². The topological polar surface area (TPSA) is 35.8 Å². The Kier molecular flexibility index (Phi) is 4.91.